The minimum absolute atomic E-state index is 0.265. The van der Waals surface area contributed by atoms with Crippen molar-refractivity contribution in [1.82, 2.24) is 15.3 Å². The molecule has 1 aromatic heterocycles. The van der Waals surface area contributed by atoms with E-state index >= 15 is 0 Å². The Kier molecular flexibility index (Phi) is 4.86. The van der Waals surface area contributed by atoms with Gasteiger partial charge in [-0.3, -0.25) is 0 Å². The first-order valence-corrected chi connectivity index (χ1v) is 7.74. The molecule has 0 amide bonds. The third kappa shape index (κ3) is 3.76. The van der Waals surface area contributed by atoms with Crippen LogP contribution in [0, 0.1) is 17.2 Å². The molecule has 21 heavy (non-hydrogen) atoms. The van der Waals surface area contributed by atoms with Gasteiger partial charge in [0, 0.05) is 17.9 Å². The maximum absolute atomic E-state index is 9.42. The Morgan fingerprint density at radius 1 is 1.43 bits per heavy atom. The lowest BCUT2D eigenvalue weighted by atomic mass is 10.1. The van der Waals surface area contributed by atoms with Crippen molar-refractivity contribution >= 4 is 23.3 Å². The van der Waals surface area contributed by atoms with Gasteiger partial charge in [0.05, 0.1) is 10.7 Å². The molecule has 0 fully saturated rings. The number of hydrogen-bond acceptors (Lipinski definition) is 6. The van der Waals surface area contributed by atoms with E-state index in [4.69, 9.17) is 0 Å². The van der Waals surface area contributed by atoms with Crippen molar-refractivity contribution in [3.63, 3.8) is 0 Å². The molecule has 2 rings (SSSR count). The molecule has 2 N–H and O–H groups in total. The molecule has 0 aromatic carbocycles. The number of allylic oxidation sites excluding steroid dienone is 2. The Morgan fingerprint density at radius 2 is 2.19 bits per heavy atom. The Morgan fingerprint density at radius 3 is 2.76 bits per heavy atom. The average Bonchev–Trinajstić information content (AvgIpc) is 2.86. The second kappa shape index (κ2) is 6.64. The van der Waals surface area contributed by atoms with Crippen LogP contribution in [-0.2, 0) is 0 Å². The van der Waals surface area contributed by atoms with Crippen molar-refractivity contribution in [3.05, 3.63) is 34.1 Å². The van der Waals surface area contributed by atoms with Crippen molar-refractivity contribution < 1.29 is 0 Å². The Labute approximate surface area is 129 Å². The van der Waals surface area contributed by atoms with E-state index in [0.717, 1.165) is 10.7 Å². The number of nitriles is 1. The van der Waals surface area contributed by atoms with Crippen LogP contribution in [0.2, 0.25) is 0 Å². The Bertz CT molecular complexity index is 627. The summed E-state index contributed by atoms with van der Waals surface area (Å²) >= 11 is 1.51. The highest BCUT2D eigenvalue weighted by Crippen LogP contribution is 2.30. The number of nitrogens with zero attached hydrogens (tertiary/aromatic N) is 3. The van der Waals surface area contributed by atoms with Crippen molar-refractivity contribution in [2.45, 2.75) is 33.7 Å². The van der Waals surface area contributed by atoms with E-state index in [1.807, 2.05) is 12.3 Å². The molecule has 6 heteroatoms. The van der Waals surface area contributed by atoms with Gasteiger partial charge in [0.15, 0.2) is 0 Å². The zero-order chi connectivity index (χ0) is 15.4. The lowest BCUT2D eigenvalue weighted by Crippen LogP contribution is -2.23. The van der Waals surface area contributed by atoms with E-state index in [-0.39, 0.29) is 6.04 Å². The van der Waals surface area contributed by atoms with Crippen molar-refractivity contribution in [2.75, 3.05) is 5.32 Å². The fourth-order valence-electron chi connectivity index (χ4n) is 1.67. The normalized spacial score (nSPS) is 17.8. The van der Waals surface area contributed by atoms with Gasteiger partial charge in [0.1, 0.15) is 11.6 Å². The molecule has 1 aliphatic heterocycles. The molecule has 0 saturated carbocycles. The van der Waals surface area contributed by atoms with Gasteiger partial charge in [-0.1, -0.05) is 25.6 Å². The van der Waals surface area contributed by atoms with Gasteiger partial charge in [-0.05, 0) is 31.2 Å². The summed E-state index contributed by atoms with van der Waals surface area (Å²) in [6.07, 6.45) is 1.68. The molecule has 1 atom stereocenters. The van der Waals surface area contributed by atoms with Crippen LogP contribution >= 0.6 is 11.8 Å². The lowest BCUT2D eigenvalue weighted by Gasteiger charge is -2.17. The van der Waals surface area contributed by atoms with Crippen molar-refractivity contribution in [1.29, 1.82) is 5.26 Å². The molecule has 0 aliphatic carbocycles. The highest BCUT2D eigenvalue weighted by Gasteiger charge is 2.16. The number of aromatic nitrogens is 2. The zero-order valence-corrected chi connectivity index (χ0v) is 13.5. The largest absolute Gasteiger partial charge is 0.352 e. The summed E-state index contributed by atoms with van der Waals surface area (Å²) in [4.78, 5) is 8.68. The molecule has 0 spiro atoms. The number of nitrogens with one attached hydrogen (secondary N) is 2. The van der Waals surface area contributed by atoms with Crippen LogP contribution in [0.3, 0.4) is 0 Å². The fraction of sp³-hybridized carbons (Fsp3) is 0.400. The van der Waals surface area contributed by atoms with E-state index in [2.05, 4.69) is 47.4 Å². The van der Waals surface area contributed by atoms with Gasteiger partial charge in [0.25, 0.3) is 0 Å². The second-order valence-corrected chi connectivity index (χ2v) is 6.18. The molecule has 0 bridgehead atoms. The summed E-state index contributed by atoms with van der Waals surface area (Å²) in [5.74, 6) is 1.03. The molecule has 1 unspecified atom stereocenters. The van der Waals surface area contributed by atoms with Crippen LogP contribution in [0.25, 0.3) is 5.57 Å². The quantitative estimate of drug-likeness (QED) is 0.831. The maximum Gasteiger partial charge on any atom is 0.223 e. The summed E-state index contributed by atoms with van der Waals surface area (Å²) in [5, 5.41) is 18.7. The molecular weight excluding hydrogens is 282 g/mol. The van der Waals surface area contributed by atoms with Crippen LogP contribution in [0.4, 0.5) is 5.95 Å². The summed E-state index contributed by atoms with van der Waals surface area (Å²) in [6.45, 7) is 8.33. The van der Waals surface area contributed by atoms with Gasteiger partial charge in [0.2, 0.25) is 5.95 Å². The summed E-state index contributed by atoms with van der Waals surface area (Å²) in [5.41, 5.74) is 2.20. The van der Waals surface area contributed by atoms with E-state index in [9.17, 15) is 5.26 Å². The first-order chi connectivity index (χ1) is 10.0. The first-order valence-electron chi connectivity index (χ1n) is 6.86. The number of anilines is 1. The molecule has 5 nitrogen and oxygen atoms in total. The highest BCUT2D eigenvalue weighted by molar-refractivity contribution is 8.06. The van der Waals surface area contributed by atoms with Gasteiger partial charge in [-0.25, -0.2) is 9.97 Å². The van der Waals surface area contributed by atoms with Crippen molar-refractivity contribution in [2.24, 2.45) is 5.92 Å². The van der Waals surface area contributed by atoms with Crippen LogP contribution in [0.15, 0.2) is 28.4 Å². The minimum Gasteiger partial charge on any atom is -0.352 e. The summed E-state index contributed by atoms with van der Waals surface area (Å²) in [7, 11) is 0. The zero-order valence-electron chi connectivity index (χ0n) is 12.6. The number of hydrogen-bond donors (Lipinski definition) is 2. The van der Waals surface area contributed by atoms with Crippen LogP contribution in [-0.4, -0.2) is 16.0 Å². The smallest absolute Gasteiger partial charge is 0.223 e. The van der Waals surface area contributed by atoms with Crippen LogP contribution in [0.1, 0.15) is 33.4 Å². The third-order valence-corrected chi connectivity index (χ3v) is 4.28. The van der Waals surface area contributed by atoms with E-state index < -0.39 is 0 Å². The topological polar surface area (TPSA) is 73.6 Å². The average molecular weight is 301 g/mol. The number of rotatable bonds is 4. The standard InChI is InChI=1S/C15H19N5S/c1-9(2)11(4)19-15-17-6-5-13(20-15)12(7-16)14-18-10(3)8-21-14/h5-6,8-9,11,18H,1-4H3,(H,17,19,20)/b14-12-. The number of thioether (sulfide) groups is 1. The van der Waals surface area contributed by atoms with E-state index in [0.29, 0.717) is 23.1 Å². The molecular formula is C15H19N5S. The third-order valence-electron chi connectivity index (χ3n) is 3.27. The predicted octanol–water partition coefficient (Wildman–Crippen LogP) is 3.32. The Balaban J connectivity index is 2.26. The fourth-order valence-corrected chi connectivity index (χ4v) is 2.51. The predicted molar refractivity (Wildman–Crippen MR) is 87.0 cm³/mol. The Hall–Kier alpha value is -2.00. The van der Waals surface area contributed by atoms with Gasteiger partial charge >= 0.3 is 0 Å². The van der Waals surface area contributed by atoms with Crippen molar-refractivity contribution in [3.8, 4) is 6.07 Å². The minimum atomic E-state index is 0.265. The molecule has 0 radical (unpaired) electrons. The highest BCUT2D eigenvalue weighted by atomic mass is 32.2. The maximum atomic E-state index is 9.42. The molecule has 0 saturated heterocycles. The second-order valence-electron chi connectivity index (χ2n) is 5.30. The van der Waals surface area contributed by atoms with E-state index in [1.54, 1.807) is 12.3 Å². The van der Waals surface area contributed by atoms with E-state index in [1.165, 1.54) is 11.8 Å². The first kappa shape index (κ1) is 15.4. The lowest BCUT2D eigenvalue weighted by molar-refractivity contribution is 0.556. The monoisotopic (exact) mass is 301 g/mol. The van der Waals surface area contributed by atoms with Gasteiger partial charge in [-0.2, -0.15) is 5.26 Å². The van der Waals surface area contributed by atoms with Gasteiger partial charge in [-0.15, -0.1) is 0 Å². The molecule has 110 valence electrons. The SMILES string of the molecule is CC1=CS/C(=C(/C#N)c2ccnc(NC(C)C(C)C)n2)N1. The summed E-state index contributed by atoms with van der Waals surface area (Å²) < 4.78 is 0. The van der Waals surface area contributed by atoms with Crippen LogP contribution < -0.4 is 10.6 Å². The molecule has 2 heterocycles. The molecule has 1 aromatic rings. The summed E-state index contributed by atoms with van der Waals surface area (Å²) in [6, 6.07) is 4.25. The van der Waals surface area contributed by atoms with Crippen LogP contribution in [0.5, 0.6) is 0 Å². The van der Waals surface area contributed by atoms with Gasteiger partial charge < -0.3 is 10.6 Å². The molecule has 1 aliphatic rings.